The molecular formula is C12H9NS. The quantitative estimate of drug-likeness (QED) is 0.679. The fraction of sp³-hybridized carbons (Fsp3) is 0.0833. The van der Waals surface area contributed by atoms with Crippen molar-refractivity contribution in [2.24, 2.45) is 0 Å². The molecule has 0 aliphatic rings. The molecule has 0 atom stereocenters. The number of nitrogens with zero attached hydrogens (tertiary/aromatic N) is 1. The molecule has 1 aromatic heterocycles. The summed E-state index contributed by atoms with van der Waals surface area (Å²) >= 11 is 1.76. The summed E-state index contributed by atoms with van der Waals surface area (Å²) in [6, 6.07) is 10.3. The molecule has 0 aliphatic heterocycles. The standard InChI is InChI=1S/C12H9NS/c13-8-4-3-5-10-9-14-12-7-2-1-6-11(10)12/h1-4,6-7,9H,5H2/b4-3+. The Morgan fingerprint density at radius 3 is 3.07 bits per heavy atom. The van der Waals surface area contributed by atoms with Crippen LogP contribution in [0.1, 0.15) is 5.56 Å². The summed E-state index contributed by atoms with van der Waals surface area (Å²) in [5.74, 6) is 0. The normalized spacial score (nSPS) is 10.8. The number of benzene rings is 1. The van der Waals surface area contributed by atoms with Gasteiger partial charge in [0.1, 0.15) is 0 Å². The third-order valence-electron chi connectivity index (χ3n) is 2.09. The molecule has 0 radical (unpaired) electrons. The first-order valence-electron chi connectivity index (χ1n) is 4.41. The molecule has 2 rings (SSSR count). The highest BCUT2D eigenvalue weighted by Crippen LogP contribution is 2.25. The zero-order valence-corrected chi connectivity index (χ0v) is 8.42. The maximum absolute atomic E-state index is 8.37. The number of hydrogen-bond acceptors (Lipinski definition) is 2. The molecule has 2 aromatic rings. The Balaban J connectivity index is 2.35. The van der Waals surface area contributed by atoms with Crippen LogP contribution < -0.4 is 0 Å². The molecule has 0 fully saturated rings. The maximum Gasteiger partial charge on any atom is 0.0908 e. The smallest absolute Gasteiger partial charge is 0.0908 e. The van der Waals surface area contributed by atoms with Crippen molar-refractivity contribution in [2.45, 2.75) is 6.42 Å². The zero-order valence-electron chi connectivity index (χ0n) is 7.60. The summed E-state index contributed by atoms with van der Waals surface area (Å²) in [6.45, 7) is 0. The Labute approximate surface area is 86.9 Å². The van der Waals surface area contributed by atoms with Crippen molar-refractivity contribution >= 4 is 21.4 Å². The fourth-order valence-electron chi connectivity index (χ4n) is 1.43. The molecule has 0 aliphatic carbocycles. The summed E-state index contributed by atoms with van der Waals surface area (Å²) in [5.41, 5.74) is 1.30. The van der Waals surface area contributed by atoms with Crippen molar-refractivity contribution in [1.29, 1.82) is 5.26 Å². The predicted molar refractivity (Wildman–Crippen MR) is 60.3 cm³/mol. The van der Waals surface area contributed by atoms with Crippen molar-refractivity contribution in [3.8, 4) is 6.07 Å². The minimum absolute atomic E-state index is 0.845. The first kappa shape index (κ1) is 8.98. The van der Waals surface area contributed by atoms with Gasteiger partial charge in [-0.05, 0) is 28.8 Å². The molecule has 2 heteroatoms. The van der Waals surface area contributed by atoms with E-state index in [4.69, 9.17) is 5.26 Å². The van der Waals surface area contributed by atoms with Crippen LogP contribution in [0.3, 0.4) is 0 Å². The Bertz CT molecular complexity index is 502. The number of fused-ring (bicyclic) bond motifs is 1. The average molecular weight is 199 g/mol. The molecular weight excluding hydrogens is 190 g/mol. The van der Waals surface area contributed by atoms with Crippen LogP contribution in [-0.4, -0.2) is 0 Å². The van der Waals surface area contributed by atoms with E-state index in [9.17, 15) is 0 Å². The van der Waals surface area contributed by atoms with Gasteiger partial charge in [-0.2, -0.15) is 5.26 Å². The van der Waals surface area contributed by atoms with Gasteiger partial charge in [-0.25, -0.2) is 0 Å². The number of allylic oxidation sites excluding steroid dienone is 2. The van der Waals surface area contributed by atoms with Gasteiger partial charge in [-0.1, -0.05) is 24.3 Å². The summed E-state index contributed by atoms with van der Waals surface area (Å²) in [7, 11) is 0. The number of rotatable bonds is 2. The highest BCUT2D eigenvalue weighted by atomic mass is 32.1. The average Bonchev–Trinajstić information content (AvgIpc) is 2.63. The van der Waals surface area contributed by atoms with E-state index in [1.54, 1.807) is 11.3 Å². The highest BCUT2D eigenvalue weighted by Gasteiger charge is 2.00. The third kappa shape index (κ3) is 1.68. The van der Waals surface area contributed by atoms with Gasteiger partial charge < -0.3 is 0 Å². The minimum Gasteiger partial charge on any atom is -0.193 e. The second-order valence-corrected chi connectivity index (χ2v) is 3.90. The Morgan fingerprint density at radius 1 is 1.36 bits per heavy atom. The van der Waals surface area contributed by atoms with Crippen LogP contribution in [-0.2, 0) is 6.42 Å². The summed E-state index contributed by atoms with van der Waals surface area (Å²) < 4.78 is 1.31. The van der Waals surface area contributed by atoms with Gasteiger partial charge in [-0.3, -0.25) is 0 Å². The van der Waals surface area contributed by atoms with Gasteiger partial charge in [0.25, 0.3) is 0 Å². The van der Waals surface area contributed by atoms with E-state index in [-0.39, 0.29) is 0 Å². The van der Waals surface area contributed by atoms with Gasteiger partial charge in [0.15, 0.2) is 0 Å². The molecule has 1 aromatic carbocycles. The van der Waals surface area contributed by atoms with Crippen LogP contribution in [0.15, 0.2) is 41.8 Å². The van der Waals surface area contributed by atoms with E-state index in [1.807, 2.05) is 24.3 Å². The van der Waals surface area contributed by atoms with E-state index < -0.39 is 0 Å². The second kappa shape index (κ2) is 4.08. The lowest BCUT2D eigenvalue weighted by Gasteiger charge is -1.92. The van der Waals surface area contributed by atoms with Crippen LogP contribution >= 0.6 is 11.3 Å². The van der Waals surface area contributed by atoms with Crippen molar-refractivity contribution < 1.29 is 0 Å². The van der Waals surface area contributed by atoms with Gasteiger partial charge in [-0.15, -0.1) is 11.3 Å². The molecule has 1 nitrogen and oxygen atoms in total. The first-order valence-corrected chi connectivity index (χ1v) is 5.29. The molecule has 0 unspecified atom stereocenters. The van der Waals surface area contributed by atoms with E-state index >= 15 is 0 Å². The zero-order chi connectivity index (χ0) is 9.80. The molecule has 14 heavy (non-hydrogen) atoms. The predicted octanol–water partition coefficient (Wildman–Crippen LogP) is 3.52. The molecule has 0 spiro atoms. The van der Waals surface area contributed by atoms with Gasteiger partial charge in [0, 0.05) is 10.8 Å². The van der Waals surface area contributed by atoms with Crippen molar-refractivity contribution in [1.82, 2.24) is 0 Å². The van der Waals surface area contributed by atoms with Crippen molar-refractivity contribution in [2.75, 3.05) is 0 Å². The van der Waals surface area contributed by atoms with Crippen LogP contribution in [0, 0.1) is 11.3 Å². The largest absolute Gasteiger partial charge is 0.193 e. The SMILES string of the molecule is N#C/C=C/Cc1csc2ccccc12. The number of thiophene rings is 1. The first-order chi connectivity index (χ1) is 6.92. The lowest BCUT2D eigenvalue weighted by atomic mass is 10.1. The number of hydrogen-bond donors (Lipinski definition) is 0. The molecule has 0 bridgehead atoms. The van der Waals surface area contributed by atoms with E-state index in [0.29, 0.717) is 0 Å². The van der Waals surface area contributed by atoms with Gasteiger partial charge >= 0.3 is 0 Å². The van der Waals surface area contributed by atoms with E-state index in [0.717, 1.165) is 6.42 Å². The van der Waals surface area contributed by atoms with E-state index in [2.05, 4.69) is 17.5 Å². The molecule has 0 amide bonds. The fourth-order valence-corrected chi connectivity index (χ4v) is 2.41. The topological polar surface area (TPSA) is 23.8 Å². The van der Waals surface area contributed by atoms with E-state index in [1.165, 1.54) is 21.7 Å². The molecule has 0 saturated carbocycles. The maximum atomic E-state index is 8.37. The minimum atomic E-state index is 0.845. The Hall–Kier alpha value is -1.59. The van der Waals surface area contributed by atoms with Crippen LogP contribution in [0.4, 0.5) is 0 Å². The van der Waals surface area contributed by atoms with Crippen molar-refractivity contribution in [3.05, 3.63) is 47.4 Å². The van der Waals surface area contributed by atoms with Crippen LogP contribution in [0.25, 0.3) is 10.1 Å². The summed E-state index contributed by atoms with van der Waals surface area (Å²) in [5, 5.41) is 11.8. The van der Waals surface area contributed by atoms with Gasteiger partial charge in [0.05, 0.1) is 6.07 Å². The molecule has 1 heterocycles. The molecule has 0 N–H and O–H groups in total. The van der Waals surface area contributed by atoms with Gasteiger partial charge in [0.2, 0.25) is 0 Å². The van der Waals surface area contributed by atoms with Crippen LogP contribution in [0.2, 0.25) is 0 Å². The lowest BCUT2D eigenvalue weighted by Crippen LogP contribution is -1.76. The highest BCUT2D eigenvalue weighted by molar-refractivity contribution is 7.17. The summed E-state index contributed by atoms with van der Waals surface area (Å²) in [6.07, 6.45) is 4.28. The lowest BCUT2D eigenvalue weighted by molar-refractivity contribution is 1.32. The Kier molecular flexibility index (Phi) is 2.62. The monoisotopic (exact) mass is 199 g/mol. The third-order valence-corrected chi connectivity index (χ3v) is 3.10. The molecule has 68 valence electrons. The molecule has 0 saturated heterocycles. The van der Waals surface area contributed by atoms with Crippen molar-refractivity contribution in [3.63, 3.8) is 0 Å². The second-order valence-electron chi connectivity index (χ2n) is 2.99. The summed E-state index contributed by atoms with van der Waals surface area (Å²) in [4.78, 5) is 0. The van der Waals surface area contributed by atoms with Crippen LogP contribution in [0.5, 0.6) is 0 Å². The number of nitriles is 1. The Morgan fingerprint density at radius 2 is 2.21 bits per heavy atom.